The molecule has 1 amide bonds. The monoisotopic (exact) mass is 303 g/mol. The van der Waals surface area contributed by atoms with Crippen LogP contribution in [0.25, 0.3) is 0 Å². The van der Waals surface area contributed by atoms with Gasteiger partial charge in [0.25, 0.3) is 5.91 Å². The van der Waals surface area contributed by atoms with Gasteiger partial charge >= 0.3 is 0 Å². The average Bonchev–Trinajstić information content (AvgIpc) is 2.94. The topological polar surface area (TPSA) is 75.4 Å². The van der Waals surface area contributed by atoms with Gasteiger partial charge in [0, 0.05) is 37.6 Å². The first-order chi connectivity index (χ1) is 10.1. The van der Waals surface area contributed by atoms with Crippen LogP contribution in [-0.2, 0) is 0 Å². The molecule has 1 saturated heterocycles. The van der Waals surface area contributed by atoms with Crippen LogP contribution < -0.4 is 10.6 Å². The Labute approximate surface area is 127 Å². The van der Waals surface area contributed by atoms with Crippen molar-refractivity contribution in [2.24, 2.45) is 0 Å². The predicted molar refractivity (Wildman–Crippen MR) is 83.6 cm³/mol. The molecule has 0 aliphatic carbocycles. The SMILES string of the molecule is Cc1nnsc1C(=O)N1CCN(c2ccc(N)cc2)CC1. The number of hydrogen-bond donors (Lipinski definition) is 1. The lowest BCUT2D eigenvalue weighted by molar-refractivity contribution is 0.0750. The Balaban J connectivity index is 1.64. The van der Waals surface area contributed by atoms with Crippen molar-refractivity contribution in [3.05, 3.63) is 34.8 Å². The minimum Gasteiger partial charge on any atom is -0.399 e. The molecule has 2 heterocycles. The number of nitrogens with zero attached hydrogens (tertiary/aromatic N) is 4. The van der Waals surface area contributed by atoms with Crippen LogP contribution in [-0.4, -0.2) is 46.6 Å². The standard InChI is InChI=1S/C14H17N5OS/c1-10-13(21-17-16-10)14(20)19-8-6-18(7-9-19)12-4-2-11(15)3-5-12/h2-5H,6-9,15H2,1H3. The Morgan fingerprint density at radius 1 is 1.19 bits per heavy atom. The summed E-state index contributed by atoms with van der Waals surface area (Å²) < 4.78 is 3.83. The number of anilines is 2. The molecule has 6 nitrogen and oxygen atoms in total. The molecule has 1 aliphatic rings. The van der Waals surface area contributed by atoms with Crippen molar-refractivity contribution < 1.29 is 4.79 Å². The molecule has 0 unspecified atom stereocenters. The largest absolute Gasteiger partial charge is 0.399 e. The molecule has 0 atom stereocenters. The number of carbonyl (C=O) groups is 1. The lowest BCUT2D eigenvalue weighted by Gasteiger charge is -2.36. The number of amides is 1. The molecule has 7 heteroatoms. The summed E-state index contributed by atoms with van der Waals surface area (Å²) in [5, 5.41) is 3.90. The van der Waals surface area contributed by atoms with Crippen LogP contribution in [0.1, 0.15) is 15.4 Å². The fraction of sp³-hybridized carbons (Fsp3) is 0.357. The van der Waals surface area contributed by atoms with E-state index in [-0.39, 0.29) is 5.91 Å². The van der Waals surface area contributed by atoms with Gasteiger partial charge in [-0.1, -0.05) is 4.49 Å². The van der Waals surface area contributed by atoms with Gasteiger partial charge < -0.3 is 15.5 Å². The maximum atomic E-state index is 12.4. The Morgan fingerprint density at radius 2 is 1.86 bits per heavy atom. The minimum atomic E-state index is 0.0412. The third-order valence-corrected chi connectivity index (χ3v) is 4.49. The van der Waals surface area contributed by atoms with Crippen molar-refractivity contribution in [1.82, 2.24) is 14.5 Å². The van der Waals surface area contributed by atoms with Gasteiger partial charge in [-0.25, -0.2) is 0 Å². The molecule has 21 heavy (non-hydrogen) atoms. The summed E-state index contributed by atoms with van der Waals surface area (Å²) in [6.07, 6.45) is 0. The van der Waals surface area contributed by atoms with Gasteiger partial charge in [-0.15, -0.1) is 5.10 Å². The summed E-state index contributed by atoms with van der Waals surface area (Å²) in [5.41, 5.74) is 8.33. The van der Waals surface area contributed by atoms with E-state index in [9.17, 15) is 4.79 Å². The predicted octanol–water partition coefficient (Wildman–Crippen LogP) is 1.39. The van der Waals surface area contributed by atoms with Crippen molar-refractivity contribution in [3.8, 4) is 0 Å². The van der Waals surface area contributed by atoms with E-state index in [0.29, 0.717) is 23.7 Å². The maximum Gasteiger partial charge on any atom is 0.267 e. The number of nitrogen functional groups attached to an aromatic ring is 1. The van der Waals surface area contributed by atoms with Gasteiger partial charge in [0.2, 0.25) is 0 Å². The molecule has 3 rings (SSSR count). The average molecular weight is 303 g/mol. The van der Waals surface area contributed by atoms with Gasteiger partial charge in [0.05, 0.1) is 5.69 Å². The van der Waals surface area contributed by atoms with E-state index in [4.69, 9.17) is 5.73 Å². The number of piperazine rings is 1. The fourth-order valence-electron chi connectivity index (χ4n) is 2.42. The zero-order valence-electron chi connectivity index (χ0n) is 11.8. The number of rotatable bonds is 2. The van der Waals surface area contributed by atoms with Crippen LogP contribution in [0.15, 0.2) is 24.3 Å². The van der Waals surface area contributed by atoms with E-state index in [0.717, 1.165) is 24.5 Å². The summed E-state index contributed by atoms with van der Waals surface area (Å²) in [5.74, 6) is 0.0412. The van der Waals surface area contributed by atoms with Crippen LogP contribution in [0.4, 0.5) is 11.4 Å². The third-order valence-electron chi connectivity index (χ3n) is 3.67. The molecule has 1 aliphatic heterocycles. The van der Waals surface area contributed by atoms with Gasteiger partial charge in [-0.3, -0.25) is 4.79 Å². The van der Waals surface area contributed by atoms with Crippen LogP contribution >= 0.6 is 11.5 Å². The number of aromatic nitrogens is 2. The minimum absolute atomic E-state index is 0.0412. The number of benzene rings is 1. The Hall–Kier alpha value is -2.15. The molecule has 1 aromatic carbocycles. The molecule has 1 fully saturated rings. The van der Waals surface area contributed by atoms with E-state index >= 15 is 0 Å². The molecule has 110 valence electrons. The normalized spacial score (nSPS) is 15.3. The second-order valence-corrected chi connectivity index (χ2v) is 5.81. The zero-order chi connectivity index (χ0) is 14.8. The quantitative estimate of drug-likeness (QED) is 0.849. The summed E-state index contributed by atoms with van der Waals surface area (Å²) in [7, 11) is 0. The summed E-state index contributed by atoms with van der Waals surface area (Å²) in [4.78, 5) is 17.2. The molecular weight excluding hydrogens is 286 g/mol. The number of nitrogens with two attached hydrogens (primary N) is 1. The highest BCUT2D eigenvalue weighted by Crippen LogP contribution is 2.20. The molecule has 1 aromatic heterocycles. The lowest BCUT2D eigenvalue weighted by atomic mass is 10.2. The highest BCUT2D eigenvalue weighted by Gasteiger charge is 2.24. The smallest absolute Gasteiger partial charge is 0.267 e. The molecule has 0 radical (unpaired) electrons. The van der Waals surface area contributed by atoms with E-state index in [1.54, 1.807) is 0 Å². The first kappa shape index (κ1) is 13.8. The zero-order valence-corrected chi connectivity index (χ0v) is 12.6. The van der Waals surface area contributed by atoms with Crippen molar-refractivity contribution >= 4 is 28.8 Å². The highest BCUT2D eigenvalue weighted by atomic mass is 32.1. The summed E-state index contributed by atoms with van der Waals surface area (Å²) >= 11 is 1.17. The first-order valence-electron chi connectivity index (χ1n) is 6.84. The van der Waals surface area contributed by atoms with Gasteiger partial charge in [0.1, 0.15) is 4.88 Å². The number of aryl methyl sites for hydroxylation is 1. The first-order valence-corrected chi connectivity index (χ1v) is 7.61. The molecule has 2 N–H and O–H groups in total. The van der Waals surface area contributed by atoms with E-state index in [1.165, 1.54) is 11.5 Å². The van der Waals surface area contributed by atoms with Crippen LogP contribution in [0.2, 0.25) is 0 Å². The highest BCUT2D eigenvalue weighted by molar-refractivity contribution is 7.07. The van der Waals surface area contributed by atoms with Crippen molar-refractivity contribution in [2.45, 2.75) is 6.92 Å². The van der Waals surface area contributed by atoms with Gasteiger partial charge in [-0.2, -0.15) is 0 Å². The Morgan fingerprint density at radius 3 is 2.43 bits per heavy atom. The lowest BCUT2D eigenvalue weighted by Crippen LogP contribution is -2.48. The van der Waals surface area contributed by atoms with Crippen LogP contribution in [0, 0.1) is 6.92 Å². The second kappa shape index (κ2) is 5.69. The molecule has 0 spiro atoms. The molecular formula is C14H17N5OS. The van der Waals surface area contributed by atoms with Crippen LogP contribution in [0.5, 0.6) is 0 Å². The molecule has 2 aromatic rings. The van der Waals surface area contributed by atoms with Gasteiger partial charge in [-0.05, 0) is 42.7 Å². The van der Waals surface area contributed by atoms with E-state index in [2.05, 4.69) is 14.5 Å². The third kappa shape index (κ3) is 2.82. The molecule has 0 saturated carbocycles. The van der Waals surface area contributed by atoms with Gasteiger partial charge in [0.15, 0.2) is 0 Å². The maximum absolute atomic E-state index is 12.4. The Kier molecular flexibility index (Phi) is 3.74. The van der Waals surface area contributed by atoms with Crippen molar-refractivity contribution in [3.63, 3.8) is 0 Å². The number of carbonyl (C=O) groups excluding carboxylic acids is 1. The Bertz CT molecular complexity index is 631. The molecule has 0 bridgehead atoms. The van der Waals surface area contributed by atoms with E-state index < -0.39 is 0 Å². The van der Waals surface area contributed by atoms with E-state index in [1.807, 2.05) is 36.1 Å². The van der Waals surface area contributed by atoms with Crippen LogP contribution in [0.3, 0.4) is 0 Å². The fourth-order valence-corrected chi connectivity index (χ4v) is 3.05. The number of hydrogen-bond acceptors (Lipinski definition) is 6. The van der Waals surface area contributed by atoms with Crippen molar-refractivity contribution in [2.75, 3.05) is 36.8 Å². The second-order valence-electron chi connectivity index (χ2n) is 5.06. The van der Waals surface area contributed by atoms with Crippen molar-refractivity contribution in [1.29, 1.82) is 0 Å². The summed E-state index contributed by atoms with van der Waals surface area (Å²) in [6.45, 7) is 4.88. The summed E-state index contributed by atoms with van der Waals surface area (Å²) in [6, 6.07) is 7.84.